The van der Waals surface area contributed by atoms with Crippen LogP contribution in [-0.2, 0) is 22.6 Å². The number of carbonyl (C=O) groups is 2. The van der Waals surface area contributed by atoms with Crippen LogP contribution in [0.15, 0.2) is 60.8 Å². The number of carbonyl (C=O) groups excluding carboxylic acids is 2. The number of likely N-dealkylation sites (N-methyl/N-ethyl adjacent to an activating group) is 1. The van der Waals surface area contributed by atoms with Crippen molar-refractivity contribution in [2.45, 2.75) is 20.0 Å². The molecule has 0 unspecified atom stereocenters. The summed E-state index contributed by atoms with van der Waals surface area (Å²) in [4.78, 5) is 30.8. The van der Waals surface area contributed by atoms with Gasteiger partial charge in [-0.15, -0.1) is 0 Å². The molecule has 0 spiro atoms. The normalized spacial score (nSPS) is 10.9. The molecule has 2 aromatic carbocycles. The van der Waals surface area contributed by atoms with Gasteiger partial charge in [0.2, 0.25) is 11.8 Å². The number of nitrogens with one attached hydrogen (secondary N) is 1. The molecule has 0 saturated heterocycles. The first kappa shape index (κ1) is 25.8. The van der Waals surface area contributed by atoms with Crippen molar-refractivity contribution in [2.75, 3.05) is 18.5 Å². The van der Waals surface area contributed by atoms with E-state index in [-0.39, 0.29) is 36.4 Å². The Labute approximate surface area is 223 Å². The quantitative estimate of drug-likeness (QED) is 0.317. The van der Waals surface area contributed by atoms with Crippen molar-refractivity contribution in [2.24, 2.45) is 0 Å². The van der Waals surface area contributed by atoms with Crippen LogP contribution in [0.2, 0.25) is 15.2 Å². The number of nitrogens with zero attached hydrogens (tertiary/aromatic N) is 3. The van der Waals surface area contributed by atoms with Crippen LogP contribution in [0.5, 0.6) is 5.75 Å². The van der Waals surface area contributed by atoms with Crippen molar-refractivity contribution < 1.29 is 14.3 Å². The Morgan fingerprint density at radius 3 is 2.56 bits per heavy atom. The fraction of sp³-hybridized carbons (Fsp3) is 0.192. The standard InChI is InChI=1S/C26H23Cl3N4O3/c1-16-25(29)33-12-6-9-21(26(33)31-16)36-15-18-19(27)10-11-20(24(18)28)32(2)23(35)14-30-22(34)13-17-7-4-3-5-8-17/h3-12H,13-15H2,1-2H3,(H,30,34). The van der Waals surface area contributed by atoms with Gasteiger partial charge in [0.25, 0.3) is 0 Å². The van der Waals surface area contributed by atoms with E-state index in [1.807, 2.05) is 37.3 Å². The lowest BCUT2D eigenvalue weighted by atomic mass is 10.1. The smallest absolute Gasteiger partial charge is 0.246 e. The zero-order valence-corrected chi connectivity index (χ0v) is 21.9. The summed E-state index contributed by atoms with van der Waals surface area (Å²) in [6.45, 7) is 1.69. The molecule has 0 fully saturated rings. The van der Waals surface area contributed by atoms with Crippen LogP contribution in [0.3, 0.4) is 0 Å². The van der Waals surface area contributed by atoms with E-state index >= 15 is 0 Å². The lowest BCUT2D eigenvalue weighted by molar-refractivity contribution is -0.124. The molecule has 36 heavy (non-hydrogen) atoms. The highest BCUT2D eigenvalue weighted by atomic mass is 35.5. The predicted octanol–water partition coefficient (Wildman–Crippen LogP) is 5.50. The Balaban J connectivity index is 1.44. The second kappa shape index (κ2) is 11.2. The molecule has 0 aliphatic rings. The van der Waals surface area contributed by atoms with Crippen molar-refractivity contribution in [1.82, 2.24) is 14.7 Å². The molecule has 0 saturated carbocycles. The van der Waals surface area contributed by atoms with Crippen molar-refractivity contribution in [1.29, 1.82) is 0 Å². The number of imidazole rings is 1. The molecule has 7 nitrogen and oxygen atoms in total. The number of rotatable bonds is 8. The number of hydrogen-bond acceptors (Lipinski definition) is 4. The second-order valence-corrected chi connectivity index (χ2v) is 9.24. The number of amides is 2. The van der Waals surface area contributed by atoms with Gasteiger partial charge in [0, 0.05) is 23.8 Å². The maximum atomic E-state index is 12.8. The van der Waals surface area contributed by atoms with Gasteiger partial charge in [0.1, 0.15) is 11.8 Å². The monoisotopic (exact) mass is 544 g/mol. The fourth-order valence-electron chi connectivity index (χ4n) is 3.64. The number of aromatic nitrogens is 2. The predicted molar refractivity (Wildman–Crippen MR) is 142 cm³/mol. The maximum Gasteiger partial charge on any atom is 0.246 e. The summed E-state index contributed by atoms with van der Waals surface area (Å²) in [6.07, 6.45) is 1.99. The fourth-order valence-corrected chi connectivity index (χ4v) is 4.42. The van der Waals surface area contributed by atoms with E-state index in [0.29, 0.717) is 38.5 Å². The van der Waals surface area contributed by atoms with Gasteiger partial charge in [-0.05, 0) is 36.8 Å². The summed E-state index contributed by atoms with van der Waals surface area (Å²) >= 11 is 19.4. The summed E-state index contributed by atoms with van der Waals surface area (Å²) in [5.41, 5.74) is 3.08. The van der Waals surface area contributed by atoms with Crippen LogP contribution in [0.4, 0.5) is 5.69 Å². The highest BCUT2D eigenvalue weighted by molar-refractivity contribution is 6.38. The number of ether oxygens (including phenoxy) is 1. The van der Waals surface area contributed by atoms with E-state index in [4.69, 9.17) is 39.5 Å². The van der Waals surface area contributed by atoms with Crippen molar-refractivity contribution >= 4 is 58.0 Å². The van der Waals surface area contributed by atoms with E-state index < -0.39 is 0 Å². The van der Waals surface area contributed by atoms with Gasteiger partial charge in [0.15, 0.2) is 11.4 Å². The van der Waals surface area contributed by atoms with Gasteiger partial charge in [0.05, 0.1) is 29.4 Å². The number of pyridine rings is 1. The summed E-state index contributed by atoms with van der Waals surface area (Å²) in [6, 6.07) is 16.2. The largest absolute Gasteiger partial charge is 0.485 e. The van der Waals surface area contributed by atoms with E-state index in [2.05, 4.69) is 10.3 Å². The van der Waals surface area contributed by atoms with Crippen molar-refractivity contribution in [3.8, 4) is 5.75 Å². The highest BCUT2D eigenvalue weighted by Gasteiger charge is 2.20. The molecule has 0 aliphatic heterocycles. The van der Waals surface area contributed by atoms with Crippen molar-refractivity contribution in [3.05, 3.63) is 92.8 Å². The van der Waals surface area contributed by atoms with E-state index in [1.165, 1.54) is 4.90 Å². The minimum absolute atomic E-state index is 0.0462. The summed E-state index contributed by atoms with van der Waals surface area (Å²) in [7, 11) is 1.58. The number of hydrogen-bond donors (Lipinski definition) is 1. The van der Waals surface area contributed by atoms with E-state index in [9.17, 15) is 9.59 Å². The van der Waals surface area contributed by atoms with Gasteiger partial charge >= 0.3 is 0 Å². The highest BCUT2D eigenvalue weighted by Crippen LogP contribution is 2.35. The third kappa shape index (κ3) is 5.59. The average Bonchev–Trinajstić information content (AvgIpc) is 3.16. The van der Waals surface area contributed by atoms with Gasteiger partial charge in [-0.25, -0.2) is 4.98 Å². The zero-order chi connectivity index (χ0) is 25.8. The van der Waals surface area contributed by atoms with Crippen LogP contribution in [0.1, 0.15) is 16.8 Å². The zero-order valence-electron chi connectivity index (χ0n) is 19.6. The molecule has 0 aliphatic carbocycles. The van der Waals surface area contributed by atoms with E-state index in [1.54, 1.807) is 41.9 Å². The molecule has 4 rings (SSSR count). The average molecular weight is 546 g/mol. The lowest BCUT2D eigenvalue weighted by Gasteiger charge is -2.21. The molecule has 2 amide bonds. The number of fused-ring (bicyclic) bond motifs is 1. The molecule has 2 heterocycles. The molecule has 0 radical (unpaired) electrons. The first-order valence-electron chi connectivity index (χ1n) is 11.1. The third-order valence-corrected chi connectivity index (χ3v) is 6.86. The molecular weight excluding hydrogens is 523 g/mol. The van der Waals surface area contributed by atoms with Crippen LogP contribution >= 0.6 is 34.8 Å². The van der Waals surface area contributed by atoms with Gasteiger partial charge in [-0.2, -0.15) is 0 Å². The molecule has 0 bridgehead atoms. The molecule has 10 heteroatoms. The lowest BCUT2D eigenvalue weighted by Crippen LogP contribution is -2.38. The van der Waals surface area contributed by atoms with Gasteiger partial charge < -0.3 is 15.0 Å². The molecule has 0 atom stereocenters. The first-order valence-corrected chi connectivity index (χ1v) is 12.2. The minimum atomic E-state index is -0.334. The Hall–Kier alpha value is -3.26. The summed E-state index contributed by atoms with van der Waals surface area (Å²) < 4.78 is 7.72. The molecule has 4 aromatic rings. The SMILES string of the molecule is Cc1nc2c(OCc3c(Cl)ccc(N(C)C(=O)CNC(=O)Cc4ccccc4)c3Cl)cccn2c1Cl. The van der Waals surface area contributed by atoms with Crippen LogP contribution in [0.25, 0.3) is 5.65 Å². The van der Waals surface area contributed by atoms with Crippen LogP contribution in [0, 0.1) is 6.92 Å². The Morgan fingerprint density at radius 2 is 1.81 bits per heavy atom. The molecule has 2 aromatic heterocycles. The van der Waals surface area contributed by atoms with Crippen molar-refractivity contribution in [3.63, 3.8) is 0 Å². The number of aryl methyl sites for hydroxylation is 1. The number of halogens is 3. The number of benzene rings is 2. The summed E-state index contributed by atoms with van der Waals surface area (Å²) in [5.74, 6) is -0.0712. The molecule has 1 N–H and O–H groups in total. The topological polar surface area (TPSA) is 75.9 Å². The Bertz CT molecular complexity index is 1420. The third-order valence-electron chi connectivity index (χ3n) is 5.63. The number of anilines is 1. The second-order valence-electron chi connectivity index (χ2n) is 8.09. The van der Waals surface area contributed by atoms with Gasteiger partial charge in [-0.3, -0.25) is 14.0 Å². The first-order chi connectivity index (χ1) is 17.3. The minimum Gasteiger partial charge on any atom is -0.485 e. The molecular formula is C26H23Cl3N4O3. The van der Waals surface area contributed by atoms with Crippen LogP contribution in [-0.4, -0.2) is 34.8 Å². The van der Waals surface area contributed by atoms with E-state index in [0.717, 1.165) is 5.56 Å². The van der Waals surface area contributed by atoms with Gasteiger partial charge in [-0.1, -0.05) is 65.1 Å². The Kier molecular flexibility index (Phi) is 8.04. The van der Waals surface area contributed by atoms with Crippen LogP contribution < -0.4 is 15.0 Å². The Morgan fingerprint density at radius 1 is 1.06 bits per heavy atom. The molecule has 186 valence electrons. The maximum absolute atomic E-state index is 12.8. The summed E-state index contributed by atoms with van der Waals surface area (Å²) in [5, 5.41) is 3.83.